The Morgan fingerprint density at radius 3 is 1.34 bits per heavy atom. The van der Waals surface area contributed by atoms with Crippen LogP contribution in [0.4, 0.5) is 0 Å². The minimum atomic E-state index is -4.33. The van der Waals surface area contributed by atoms with Gasteiger partial charge in [0.1, 0.15) is 13.2 Å². The van der Waals surface area contributed by atoms with Crippen LogP contribution in [-0.2, 0) is 18.4 Å². The van der Waals surface area contributed by atoms with Gasteiger partial charge in [0, 0.05) is 6.42 Å². The van der Waals surface area contributed by atoms with Crippen LogP contribution >= 0.6 is 7.82 Å². The van der Waals surface area contributed by atoms with Crippen molar-refractivity contribution in [1.29, 1.82) is 0 Å². The van der Waals surface area contributed by atoms with Crippen LogP contribution in [0.1, 0.15) is 232 Å². The number of carbonyl (C=O) groups is 1. The molecule has 0 bridgehead atoms. The van der Waals surface area contributed by atoms with E-state index in [1.54, 1.807) is 6.08 Å². The Hall–Kier alpha value is -1.54. The number of hydrogen-bond donors (Lipinski definition) is 3. The molecule has 8 nitrogen and oxygen atoms in total. The standard InChI is InChI=1S/C53H101N2O6P/c1-6-8-10-12-14-16-17-18-19-20-21-22-23-24-25-26-27-28-29-30-31-32-33-34-35-36-37-39-41-43-45-47-53(57)54-51(50-61-62(58,59)60-49-48-55(3,4)5)52(56)46-44-42-40-38-15-13-11-9-7-2/h17-18,20-21,23-24,44,46,51-52,56H,6-16,19,22,25-43,45,47-50H2,1-5H3,(H-,54,57,58,59)/p+1/b18-17-,21-20-,24-23-,46-44+. The molecule has 0 heterocycles. The van der Waals surface area contributed by atoms with Crippen LogP contribution in [0.15, 0.2) is 48.6 Å². The van der Waals surface area contributed by atoms with E-state index in [1.165, 1.54) is 161 Å². The number of rotatable bonds is 47. The quantitative estimate of drug-likeness (QED) is 0.0243. The van der Waals surface area contributed by atoms with Crippen molar-refractivity contribution in [2.24, 2.45) is 0 Å². The summed E-state index contributed by atoms with van der Waals surface area (Å²) in [6.45, 7) is 4.77. The van der Waals surface area contributed by atoms with Gasteiger partial charge in [-0.1, -0.05) is 217 Å². The molecule has 0 aliphatic heterocycles. The van der Waals surface area contributed by atoms with Gasteiger partial charge in [0.25, 0.3) is 0 Å². The van der Waals surface area contributed by atoms with E-state index in [0.29, 0.717) is 17.4 Å². The van der Waals surface area contributed by atoms with Crippen LogP contribution in [0.2, 0.25) is 0 Å². The summed E-state index contributed by atoms with van der Waals surface area (Å²) in [5.41, 5.74) is 0. The van der Waals surface area contributed by atoms with Gasteiger partial charge >= 0.3 is 7.82 Å². The van der Waals surface area contributed by atoms with Gasteiger partial charge in [-0.2, -0.15) is 0 Å². The Bertz CT molecular complexity index is 1150. The molecule has 0 spiro atoms. The van der Waals surface area contributed by atoms with Crippen molar-refractivity contribution in [3.8, 4) is 0 Å². The summed E-state index contributed by atoms with van der Waals surface area (Å²) in [5, 5.41) is 13.8. The van der Waals surface area contributed by atoms with E-state index >= 15 is 0 Å². The molecule has 0 radical (unpaired) electrons. The van der Waals surface area contributed by atoms with Crippen LogP contribution < -0.4 is 5.32 Å². The largest absolute Gasteiger partial charge is 0.472 e. The number of nitrogens with one attached hydrogen (secondary N) is 1. The van der Waals surface area contributed by atoms with E-state index in [2.05, 4.69) is 55.6 Å². The summed E-state index contributed by atoms with van der Waals surface area (Å²) in [7, 11) is 1.57. The van der Waals surface area contributed by atoms with Gasteiger partial charge in [-0.25, -0.2) is 4.57 Å². The highest BCUT2D eigenvalue weighted by Crippen LogP contribution is 2.43. The minimum Gasteiger partial charge on any atom is -0.387 e. The smallest absolute Gasteiger partial charge is 0.387 e. The number of quaternary nitrogens is 1. The molecule has 0 aromatic rings. The number of phosphoric ester groups is 1. The number of amides is 1. The van der Waals surface area contributed by atoms with Gasteiger partial charge in [-0.05, 0) is 57.8 Å². The van der Waals surface area contributed by atoms with Crippen molar-refractivity contribution >= 4 is 13.7 Å². The third-order valence-electron chi connectivity index (χ3n) is 11.5. The zero-order valence-corrected chi connectivity index (χ0v) is 42.3. The molecule has 0 aliphatic carbocycles. The van der Waals surface area contributed by atoms with Crippen molar-refractivity contribution < 1.29 is 32.9 Å². The molecule has 1 amide bonds. The van der Waals surface area contributed by atoms with E-state index in [-0.39, 0.29) is 19.1 Å². The molecule has 0 aromatic carbocycles. The molecule has 364 valence electrons. The lowest BCUT2D eigenvalue weighted by atomic mass is 10.0. The third kappa shape index (κ3) is 46.5. The first-order valence-electron chi connectivity index (χ1n) is 26.0. The number of unbranched alkanes of at least 4 members (excludes halogenated alkanes) is 28. The molecule has 3 atom stereocenters. The average molecular weight is 894 g/mol. The van der Waals surface area contributed by atoms with E-state index < -0.39 is 20.0 Å². The molecule has 0 fully saturated rings. The summed E-state index contributed by atoms with van der Waals surface area (Å²) < 4.78 is 23.5. The van der Waals surface area contributed by atoms with Gasteiger partial charge in [0.05, 0.1) is 39.9 Å². The minimum absolute atomic E-state index is 0.0611. The van der Waals surface area contributed by atoms with E-state index in [0.717, 1.165) is 51.4 Å². The molecule has 3 N–H and O–H groups in total. The number of hydrogen-bond acceptors (Lipinski definition) is 5. The average Bonchev–Trinajstić information content (AvgIpc) is 3.23. The van der Waals surface area contributed by atoms with Crippen molar-refractivity contribution in [3.05, 3.63) is 48.6 Å². The van der Waals surface area contributed by atoms with Gasteiger partial charge in [0.2, 0.25) is 5.91 Å². The normalized spacial score (nSPS) is 14.5. The van der Waals surface area contributed by atoms with E-state index in [4.69, 9.17) is 9.05 Å². The van der Waals surface area contributed by atoms with Crippen LogP contribution in [-0.4, -0.2) is 73.4 Å². The van der Waals surface area contributed by atoms with E-state index in [9.17, 15) is 19.4 Å². The van der Waals surface area contributed by atoms with Gasteiger partial charge in [-0.3, -0.25) is 13.8 Å². The van der Waals surface area contributed by atoms with Crippen LogP contribution in [0, 0.1) is 0 Å². The molecule has 0 rings (SSSR count). The fourth-order valence-corrected chi connectivity index (χ4v) is 8.14. The second-order valence-electron chi connectivity index (χ2n) is 18.9. The highest BCUT2D eigenvalue weighted by atomic mass is 31.2. The Balaban J connectivity index is 4.00. The van der Waals surface area contributed by atoms with Crippen molar-refractivity contribution in [2.45, 2.75) is 244 Å². The van der Waals surface area contributed by atoms with Crippen molar-refractivity contribution in [2.75, 3.05) is 40.9 Å². The maximum Gasteiger partial charge on any atom is 0.472 e. The molecular weight excluding hydrogens is 792 g/mol. The number of aliphatic hydroxyl groups is 1. The SMILES string of the molecule is CCCCCCC/C=C\C/C=C\C/C=C\CCCCCCCCCCCCCCCCCCC(=O)NC(COP(=O)(O)OCC[N+](C)(C)C)C(O)/C=C/CCCCCCCCC. The topological polar surface area (TPSA) is 105 Å². The fraction of sp³-hybridized carbons (Fsp3) is 0.830. The predicted octanol–water partition coefficient (Wildman–Crippen LogP) is 15.2. The van der Waals surface area contributed by atoms with Gasteiger partial charge in [0.15, 0.2) is 0 Å². The maximum absolute atomic E-state index is 12.9. The number of aliphatic hydroxyl groups excluding tert-OH is 1. The van der Waals surface area contributed by atoms with Crippen LogP contribution in [0.3, 0.4) is 0 Å². The fourth-order valence-electron chi connectivity index (χ4n) is 7.40. The van der Waals surface area contributed by atoms with Gasteiger partial charge < -0.3 is 19.8 Å². The summed E-state index contributed by atoms with van der Waals surface area (Å²) >= 11 is 0. The molecule has 0 aromatic heterocycles. The molecule has 3 unspecified atom stereocenters. The molecule has 0 aliphatic rings. The summed E-state index contributed by atoms with van der Waals surface area (Å²) in [6, 6.07) is -0.844. The van der Waals surface area contributed by atoms with Crippen molar-refractivity contribution in [1.82, 2.24) is 5.32 Å². The summed E-state index contributed by atoms with van der Waals surface area (Å²) in [5.74, 6) is -0.179. The number of nitrogens with zero attached hydrogens (tertiary/aromatic N) is 1. The molecular formula is C53H102N2O6P+. The molecule has 0 saturated heterocycles. The first-order valence-corrected chi connectivity index (χ1v) is 27.5. The Labute approximate surface area is 384 Å². The monoisotopic (exact) mass is 894 g/mol. The highest BCUT2D eigenvalue weighted by molar-refractivity contribution is 7.47. The zero-order valence-electron chi connectivity index (χ0n) is 41.4. The second-order valence-corrected chi connectivity index (χ2v) is 20.4. The maximum atomic E-state index is 12.9. The Kier molecular flexibility index (Phi) is 43.5. The molecule has 0 saturated carbocycles. The number of allylic oxidation sites excluding steroid dienone is 7. The number of likely N-dealkylation sites (N-methyl/N-ethyl adjacent to an activating group) is 1. The lowest BCUT2D eigenvalue weighted by Crippen LogP contribution is -2.45. The predicted molar refractivity (Wildman–Crippen MR) is 267 cm³/mol. The Morgan fingerprint density at radius 1 is 0.548 bits per heavy atom. The summed E-state index contributed by atoms with van der Waals surface area (Å²) in [4.78, 5) is 23.1. The molecule has 9 heteroatoms. The van der Waals surface area contributed by atoms with Gasteiger partial charge in [-0.15, -0.1) is 0 Å². The van der Waals surface area contributed by atoms with Crippen LogP contribution in [0.5, 0.6) is 0 Å². The lowest BCUT2D eigenvalue weighted by Gasteiger charge is -2.25. The van der Waals surface area contributed by atoms with Crippen LogP contribution in [0.25, 0.3) is 0 Å². The van der Waals surface area contributed by atoms with Crippen molar-refractivity contribution in [3.63, 3.8) is 0 Å². The molecule has 62 heavy (non-hydrogen) atoms. The first kappa shape index (κ1) is 60.5. The summed E-state index contributed by atoms with van der Waals surface area (Å²) in [6.07, 6.45) is 57.9. The highest BCUT2D eigenvalue weighted by Gasteiger charge is 2.27. The van der Waals surface area contributed by atoms with E-state index in [1.807, 2.05) is 27.2 Å². The second kappa shape index (κ2) is 44.7. The zero-order chi connectivity index (χ0) is 45.7. The number of carbonyl (C=O) groups excluding carboxylic acids is 1. The third-order valence-corrected chi connectivity index (χ3v) is 12.5. The Morgan fingerprint density at radius 2 is 0.919 bits per heavy atom. The number of phosphoric acid groups is 1. The first-order chi connectivity index (χ1) is 30.0. The lowest BCUT2D eigenvalue weighted by molar-refractivity contribution is -0.870.